The van der Waals surface area contributed by atoms with Gasteiger partial charge in [0.15, 0.2) is 11.4 Å². The molecule has 0 unspecified atom stereocenters. The molecule has 0 aliphatic carbocycles. The Morgan fingerprint density at radius 1 is 1.47 bits per heavy atom. The molecule has 2 aromatic heterocycles. The van der Waals surface area contributed by atoms with Crippen LogP contribution in [0.5, 0.6) is 0 Å². The zero-order chi connectivity index (χ0) is 14.2. The van der Waals surface area contributed by atoms with Crippen LogP contribution in [-0.2, 0) is 23.8 Å². The van der Waals surface area contributed by atoms with Gasteiger partial charge in [0.1, 0.15) is 0 Å². The molecule has 1 N–H and O–H groups in total. The van der Waals surface area contributed by atoms with Crippen molar-refractivity contribution in [3.8, 4) is 11.4 Å². The van der Waals surface area contributed by atoms with Gasteiger partial charge in [-0.15, -0.1) is 5.10 Å². The van der Waals surface area contributed by atoms with Crippen molar-refractivity contribution >= 4 is 5.97 Å². The Labute approximate surface area is 110 Å². The largest absolute Gasteiger partial charge is 0.479 e. The summed E-state index contributed by atoms with van der Waals surface area (Å²) in [6.07, 6.45) is 2.51. The average Bonchev–Trinajstić information content (AvgIpc) is 2.94. The van der Waals surface area contributed by atoms with Crippen molar-refractivity contribution in [3.63, 3.8) is 0 Å². The SMILES string of the molecule is CCc1nn(C)cc1-c1nnnn1C(C)(C)C(=O)O. The van der Waals surface area contributed by atoms with E-state index < -0.39 is 11.5 Å². The Hall–Kier alpha value is -2.25. The Morgan fingerprint density at radius 2 is 2.16 bits per heavy atom. The van der Waals surface area contributed by atoms with Crippen LogP contribution in [0.25, 0.3) is 11.4 Å². The summed E-state index contributed by atoms with van der Waals surface area (Å²) in [4.78, 5) is 11.3. The van der Waals surface area contributed by atoms with E-state index in [4.69, 9.17) is 0 Å². The van der Waals surface area contributed by atoms with Gasteiger partial charge in [0.25, 0.3) is 0 Å². The summed E-state index contributed by atoms with van der Waals surface area (Å²) in [6.45, 7) is 5.08. The molecule has 0 spiro atoms. The maximum absolute atomic E-state index is 11.3. The molecule has 0 aromatic carbocycles. The van der Waals surface area contributed by atoms with Crippen molar-refractivity contribution in [2.75, 3.05) is 0 Å². The number of tetrazole rings is 1. The normalized spacial score (nSPS) is 11.8. The molecular weight excluding hydrogens is 248 g/mol. The molecular formula is C11H16N6O2. The Bertz CT molecular complexity index is 612. The van der Waals surface area contributed by atoms with Crippen molar-refractivity contribution in [1.29, 1.82) is 0 Å². The molecule has 0 aliphatic rings. The molecule has 0 aliphatic heterocycles. The summed E-state index contributed by atoms with van der Waals surface area (Å²) in [5.74, 6) is -0.583. The summed E-state index contributed by atoms with van der Waals surface area (Å²) >= 11 is 0. The summed E-state index contributed by atoms with van der Waals surface area (Å²) in [5, 5.41) is 24.9. The topological polar surface area (TPSA) is 98.7 Å². The first-order chi connectivity index (χ1) is 8.87. The van der Waals surface area contributed by atoms with Gasteiger partial charge in [0, 0.05) is 13.2 Å². The fourth-order valence-electron chi connectivity index (χ4n) is 1.80. The summed E-state index contributed by atoms with van der Waals surface area (Å²) in [6, 6.07) is 0. The smallest absolute Gasteiger partial charge is 0.331 e. The van der Waals surface area contributed by atoms with E-state index in [0.717, 1.165) is 17.7 Å². The van der Waals surface area contributed by atoms with Gasteiger partial charge in [0.05, 0.1) is 11.3 Å². The Balaban J connectivity index is 2.59. The number of hydrogen-bond acceptors (Lipinski definition) is 5. The second kappa shape index (κ2) is 4.45. The number of aliphatic carboxylic acids is 1. The first-order valence-electron chi connectivity index (χ1n) is 5.93. The molecule has 102 valence electrons. The van der Waals surface area contributed by atoms with Gasteiger partial charge < -0.3 is 5.11 Å². The molecule has 0 bridgehead atoms. The molecule has 8 nitrogen and oxygen atoms in total. The zero-order valence-corrected chi connectivity index (χ0v) is 11.3. The van der Waals surface area contributed by atoms with Crippen LogP contribution in [0, 0.1) is 0 Å². The Morgan fingerprint density at radius 3 is 2.74 bits per heavy atom. The van der Waals surface area contributed by atoms with E-state index in [1.54, 1.807) is 31.8 Å². The second-order valence-electron chi connectivity index (χ2n) is 4.80. The lowest BCUT2D eigenvalue weighted by Crippen LogP contribution is -2.37. The molecule has 0 saturated heterocycles. The quantitative estimate of drug-likeness (QED) is 0.861. The fraction of sp³-hybridized carbons (Fsp3) is 0.545. The number of hydrogen-bond donors (Lipinski definition) is 1. The van der Waals surface area contributed by atoms with E-state index in [1.165, 1.54) is 4.68 Å². The summed E-state index contributed by atoms with van der Waals surface area (Å²) in [5.41, 5.74) is 0.365. The maximum atomic E-state index is 11.3. The first kappa shape index (κ1) is 13.2. The Kier molecular flexibility index (Phi) is 3.09. The molecule has 2 aromatic rings. The highest BCUT2D eigenvalue weighted by molar-refractivity contribution is 5.76. The van der Waals surface area contributed by atoms with E-state index in [-0.39, 0.29) is 0 Å². The molecule has 0 amide bonds. The molecule has 0 atom stereocenters. The minimum atomic E-state index is -1.22. The third-order valence-electron chi connectivity index (χ3n) is 3.00. The molecule has 0 radical (unpaired) electrons. The highest BCUT2D eigenvalue weighted by atomic mass is 16.4. The standard InChI is InChI=1S/C11H16N6O2/c1-5-8-7(6-16(4)13-8)9-12-14-15-17(9)11(2,3)10(18)19/h6H,5H2,1-4H3,(H,18,19). The van der Waals surface area contributed by atoms with Crippen LogP contribution in [0.15, 0.2) is 6.20 Å². The number of carbonyl (C=O) groups is 1. The lowest BCUT2D eigenvalue weighted by Gasteiger charge is -2.20. The van der Waals surface area contributed by atoms with Crippen LogP contribution in [0.2, 0.25) is 0 Å². The molecule has 8 heteroatoms. The number of aromatic nitrogens is 6. The van der Waals surface area contributed by atoms with Crippen molar-refractivity contribution in [2.45, 2.75) is 32.7 Å². The van der Waals surface area contributed by atoms with Gasteiger partial charge in [0.2, 0.25) is 0 Å². The van der Waals surface area contributed by atoms with Gasteiger partial charge in [-0.1, -0.05) is 6.92 Å². The van der Waals surface area contributed by atoms with Gasteiger partial charge in [-0.2, -0.15) is 5.10 Å². The number of aryl methyl sites for hydroxylation is 2. The number of carboxylic acid groups (broad SMARTS) is 1. The number of carboxylic acids is 1. The lowest BCUT2D eigenvalue weighted by atomic mass is 10.1. The summed E-state index contributed by atoms with van der Waals surface area (Å²) in [7, 11) is 1.80. The number of nitrogens with zero attached hydrogens (tertiary/aromatic N) is 6. The minimum Gasteiger partial charge on any atom is -0.479 e. The van der Waals surface area contributed by atoms with Crippen molar-refractivity contribution < 1.29 is 9.90 Å². The van der Waals surface area contributed by atoms with E-state index in [2.05, 4.69) is 20.6 Å². The van der Waals surface area contributed by atoms with Crippen LogP contribution in [0.4, 0.5) is 0 Å². The van der Waals surface area contributed by atoms with Gasteiger partial charge in [-0.25, -0.2) is 9.48 Å². The second-order valence-corrected chi connectivity index (χ2v) is 4.80. The van der Waals surface area contributed by atoms with Crippen LogP contribution in [0.3, 0.4) is 0 Å². The molecule has 0 fully saturated rings. The first-order valence-corrected chi connectivity index (χ1v) is 5.93. The van der Waals surface area contributed by atoms with Crippen LogP contribution in [-0.4, -0.2) is 41.1 Å². The van der Waals surface area contributed by atoms with Crippen LogP contribution in [0.1, 0.15) is 26.5 Å². The summed E-state index contributed by atoms with van der Waals surface area (Å²) < 4.78 is 2.98. The predicted octanol–water partition coefficient (Wildman–Crippen LogP) is 0.456. The van der Waals surface area contributed by atoms with E-state index in [0.29, 0.717) is 5.82 Å². The maximum Gasteiger partial charge on any atom is 0.331 e. The average molecular weight is 264 g/mol. The van der Waals surface area contributed by atoms with E-state index in [9.17, 15) is 9.90 Å². The van der Waals surface area contributed by atoms with Crippen LogP contribution < -0.4 is 0 Å². The highest BCUT2D eigenvalue weighted by Crippen LogP contribution is 2.25. The van der Waals surface area contributed by atoms with Gasteiger partial charge in [-0.3, -0.25) is 4.68 Å². The van der Waals surface area contributed by atoms with E-state index in [1.807, 2.05) is 6.92 Å². The molecule has 19 heavy (non-hydrogen) atoms. The van der Waals surface area contributed by atoms with Crippen LogP contribution >= 0.6 is 0 Å². The molecule has 0 saturated carbocycles. The highest BCUT2D eigenvalue weighted by Gasteiger charge is 2.34. The third-order valence-corrected chi connectivity index (χ3v) is 3.00. The zero-order valence-electron chi connectivity index (χ0n) is 11.3. The molecule has 2 heterocycles. The minimum absolute atomic E-state index is 0.414. The van der Waals surface area contributed by atoms with E-state index >= 15 is 0 Å². The van der Waals surface area contributed by atoms with Gasteiger partial charge >= 0.3 is 5.97 Å². The number of rotatable bonds is 4. The monoisotopic (exact) mass is 264 g/mol. The van der Waals surface area contributed by atoms with Gasteiger partial charge in [-0.05, 0) is 30.7 Å². The van der Waals surface area contributed by atoms with Crippen molar-refractivity contribution in [1.82, 2.24) is 30.0 Å². The molecule has 2 rings (SSSR count). The lowest BCUT2D eigenvalue weighted by molar-refractivity contribution is -0.146. The third kappa shape index (κ3) is 2.09. The van der Waals surface area contributed by atoms with Crippen molar-refractivity contribution in [2.24, 2.45) is 7.05 Å². The fourth-order valence-corrected chi connectivity index (χ4v) is 1.80. The van der Waals surface area contributed by atoms with Crippen molar-refractivity contribution in [3.05, 3.63) is 11.9 Å². The predicted molar refractivity (Wildman–Crippen MR) is 66.4 cm³/mol.